The molecule has 5 heteroatoms. The number of esters is 1. The summed E-state index contributed by atoms with van der Waals surface area (Å²) in [7, 11) is 0. The minimum absolute atomic E-state index is 0.193. The predicted octanol–water partition coefficient (Wildman–Crippen LogP) is 6.20. The smallest absolute Gasteiger partial charge is 0.336 e. The highest BCUT2D eigenvalue weighted by Gasteiger charge is 2.27. The van der Waals surface area contributed by atoms with E-state index >= 15 is 0 Å². The molecule has 0 aromatic carbocycles. The lowest BCUT2D eigenvalue weighted by atomic mass is 10.0. The van der Waals surface area contributed by atoms with Crippen LogP contribution in [0.5, 0.6) is 0 Å². The van der Waals surface area contributed by atoms with Crippen LogP contribution in [-0.2, 0) is 14.4 Å². The Morgan fingerprint density at radius 3 is 1.71 bits per heavy atom. The molecular weight excluding hydrogens is 356 g/mol. The SMILES string of the molecule is CCCCCCCCCCCCCCC/C=C(/C(=O)OCC)[C@H](OO)[C@H](C)O. The minimum atomic E-state index is -1.07. The summed E-state index contributed by atoms with van der Waals surface area (Å²) in [6.07, 6.45) is 17.2. The largest absolute Gasteiger partial charge is 0.463 e. The van der Waals surface area contributed by atoms with Crippen molar-refractivity contribution in [3.05, 3.63) is 11.6 Å². The molecule has 0 fully saturated rings. The van der Waals surface area contributed by atoms with Gasteiger partial charge in [0.25, 0.3) is 0 Å². The molecule has 0 aromatic rings. The first-order chi connectivity index (χ1) is 13.6. The van der Waals surface area contributed by atoms with E-state index < -0.39 is 18.2 Å². The lowest BCUT2D eigenvalue weighted by molar-refractivity contribution is -0.284. The molecule has 0 aliphatic heterocycles. The Morgan fingerprint density at radius 2 is 1.32 bits per heavy atom. The summed E-state index contributed by atoms with van der Waals surface area (Å²) in [5.74, 6) is -0.544. The van der Waals surface area contributed by atoms with Crippen molar-refractivity contribution in [2.75, 3.05) is 6.61 Å². The van der Waals surface area contributed by atoms with Gasteiger partial charge < -0.3 is 9.84 Å². The fraction of sp³-hybridized carbons (Fsp3) is 0.870. The van der Waals surface area contributed by atoms with E-state index in [1.54, 1.807) is 13.0 Å². The molecule has 0 bridgehead atoms. The standard InChI is InChI=1S/C23H44O5/c1-4-6-7-8-9-10-11-12-13-14-15-16-17-18-19-21(23(25)27-5-2)22(28-26)20(3)24/h19-20,22,24,26H,4-18H2,1-3H3/b21-19+/t20-,22+/m0/s1. The van der Waals surface area contributed by atoms with Gasteiger partial charge in [-0.05, 0) is 26.7 Å². The molecule has 0 spiro atoms. The van der Waals surface area contributed by atoms with Crippen LogP contribution < -0.4 is 0 Å². The van der Waals surface area contributed by atoms with Gasteiger partial charge in [-0.15, -0.1) is 0 Å². The van der Waals surface area contributed by atoms with Gasteiger partial charge in [0.1, 0.15) is 6.10 Å². The highest BCUT2D eigenvalue weighted by atomic mass is 17.1. The summed E-state index contributed by atoms with van der Waals surface area (Å²) < 4.78 is 5.00. The van der Waals surface area contributed by atoms with Crippen molar-refractivity contribution in [1.82, 2.24) is 0 Å². The molecule has 0 rings (SSSR count). The van der Waals surface area contributed by atoms with Crippen LogP contribution in [0, 0.1) is 0 Å². The highest BCUT2D eigenvalue weighted by molar-refractivity contribution is 5.89. The maximum Gasteiger partial charge on any atom is 0.336 e. The van der Waals surface area contributed by atoms with Gasteiger partial charge in [0.2, 0.25) is 0 Å². The van der Waals surface area contributed by atoms with Crippen molar-refractivity contribution in [2.45, 2.75) is 123 Å². The fourth-order valence-electron chi connectivity index (χ4n) is 3.35. The molecule has 166 valence electrons. The van der Waals surface area contributed by atoms with Gasteiger partial charge in [-0.2, -0.15) is 0 Å². The highest BCUT2D eigenvalue weighted by Crippen LogP contribution is 2.17. The molecule has 0 amide bonds. The van der Waals surface area contributed by atoms with Crippen LogP contribution in [0.2, 0.25) is 0 Å². The van der Waals surface area contributed by atoms with Crippen LogP contribution in [-0.4, -0.2) is 35.1 Å². The van der Waals surface area contributed by atoms with Crippen molar-refractivity contribution in [1.29, 1.82) is 0 Å². The number of hydrogen-bond donors (Lipinski definition) is 2. The Kier molecular flexibility index (Phi) is 18.8. The predicted molar refractivity (Wildman–Crippen MR) is 114 cm³/mol. The second kappa shape index (κ2) is 19.4. The molecular formula is C23H44O5. The first-order valence-electron chi connectivity index (χ1n) is 11.4. The number of rotatable bonds is 19. The van der Waals surface area contributed by atoms with Gasteiger partial charge in [0, 0.05) is 0 Å². The molecule has 0 radical (unpaired) electrons. The zero-order chi connectivity index (χ0) is 21.0. The van der Waals surface area contributed by atoms with Crippen molar-refractivity contribution < 1.29 is 24.8 Å². The molecule has 5 nitrogen and oxygen atoms in total. The monoisotopic (exact) mass is 400 g/mol. The molecule has 0 aromatic heterocycles. The Morgan fingerprint density at radius 1 is 0.857 bits per heavy atom. The molecule has 2 N–H and O–H groups in total. The molecule has 28 heavy (non-hydrogen) atoms. The normalized spacial score (nSPS) is 14.1. The quantitative estimate of drug-likeness (QED) is 0.0888. The van der Waals surface area contributed by atoms with E-state index in [2.05, 4.69) is 11.8 Å². The topological polar surface area (TPSA) is 76.0 Å². The van der Waals surface area contributed by atoms with Crippen molar-refractivity contribution >= 4 is 5.97 Å². The number of allylic oxidation sites excluding steroid dienone is 1. The van der Waals surface area contributed by atoms with Crippen LogP contribution in [0.3, 0.4) is 0 Å². The van der Waals surface area contributed by atoms with E-state index in [9.17, 15) is 9.90 Å². The lowest BCUT2D eigenvalue weighted by Gasteiger charge is -2.18. The molecule has 0 unspecified atom stereocenters. The third-order valence-corrected chi connectivity index (χ3v) is 5.04. The fourth-order valence-corrected chi connectivity index (χ4v) is 3.35. The Hall–Kier alpha value is -0.910. The Balaban J connectivity index is 3.87. The number of ether oxygens (including phenoxy) is 1. The van der Waals surface area contributed by atoms with Crippen LogP contribution in [0.1, 0.15) is 111 Å². The molecule has 2 atom stereocenters. The summed E-state index contributed by atoms with van der Waals surface area (Å²) in [4.78, 5) is 16.3. The van der Waals surface area contributed by atoms with E-state index in [4.69, 9.17) is 9.99 Å². The summed E-state index contributed by atoms with van der Waals surface area (Å²) in [5, 5.41) is 18.7. The number of hydrogen-bond acceptors (Lipinski definition) is 5. The average molecular weight is 401 g/mol. The van der Waals surface area contributed by atoms with Crippen molar-refractivity contribution in [2.24, 2.45) is 0 Å². The number of aliphatic hydroxyl groups excluding tert-OH is 1. The van der Waals surface area contributed by atoms with Crippen molar-refractivity contribution in [3.63, 3.8) is 0 Å². The summed E-state index contributed by atoms with van der Waals surface area (Å²) >= 11 is 0. The third-order valence-electron chi connectivity index (χ3n) is 5.04. The second-order valence-electron chi connectivity index (χ2n) is 7.68. The third kappa shape index (κ3) is 14.1. The first kappa shape index (κ1) is 27.1. The number of carbonyl (C=O) groups is 1. The zero-order valence-electron chi connectivity index (χ0n) is 18.5. The van der Waals surface area contributed by atoms with E-state index in [0.29, 0.717) is 6.42 Å². The van der Waals surface area contributed by atoms with E-state index in [0.717, 1.165) is 12.8 Å². The Bertz CT molecular complexity index is 392. The minimum Gasteiger partial charge on any atom is -0.463 e. The van der Waals surface area contributed by atoms with Gasteiger partial charge in [0.05, 0.1) is 18.3 Å². The molecule has 0 saturated carbocycles. The first-order valence-corrected chi connectivity index (χ1v) is 11.4. The van der Waals surface area contributed by atoms with Gasteiger partial charge in [-0.3, -0.25) is 5.26 Å². The van der Waals surface area contributed by atoms with Gasteiger partial charge >= 0.3 is 5.97 Å². The molecule has 0 aliphatic rings. The van der Waals surface area contributed by atoms with Crippen LogP contribution in [0.15, 0.2) is 11.6 Å². The maximum atomic E-state index is 12.0. The molecule has 0 saturated heterocycles. The van der Waals surface area contributed by atoms with Crippen LogP contribution in [0.4, 0.5) is 0 Å². The number of carbonyl (C=O) groups excluding carboxylic acids is 1. The molecule has 0 aliphatic carbocycles. The molecule has 0 heterocycles. The number of aliphatic hydroxyl groups is 1. The van der Waals surface area contributed by atoms with Crippen LogP contribution in [0.25, 0.3) is 0 Å². The lowest BCUT2D eigenvalue weighted by Crippen LogP contribution is -2.32. The zero-order valence-corrected chi connectivity index (χ0v) is 18.5. The van der Waals surface area contributed by atoms with Crippen LogP contribution >= 0.6 is 0 Å². The van der Waals surface area contributed by atoms with E-state index in [-0.39, 0.29) is 12.2 Å². The summed E-state index contributed by atoms with van der Waals surface area (Å²) in [6, 6.07) is 0. The van der Waals surface area contributed by atoms with Gasteiger partial charge in [0.15, 0.2) is 0 Å². The summed E-state index contributed by atoms with van der Waals surface area (Å²) in [6.45, 7) is 5.69. The second-order valence-corrected chi connectivity index (χ2v) is 7.68. The van der Waals surface area contributed by atoms with E-state index in [1.165, 1.54) is 77.6 Å². The number of unbranched alkanes of at least 4 members (excludes halogenated alkanes) is 13. The van der Waals surface area contributed by atoms with E-state index in [1.807, 2.05) is 0 Å². The van der Waals surface area contributed by atoms with Gasteiger partial charge in [-0.25, -0.2) is 9.68 Å². The summed E-state index contributed by atoms with van der Waals surface area (Å²) in [5.41, 5.74) is 0.193. The average Bonchev–Trinajstić information content (AvgIpc) is 2.67. The maximum absolute atomic E-state index is 12.0. The Labute approximate surface area is 172 Å². The van der Waals surface area contributed by atoms with Crippen molar-refractivity contribution in [3.8, 4) is 0 Å². The van der Waals surface area contributed by atoms with Gasteiger partial charge in [-0.1, -0.05) is 90.0 Å².